The van der Waals surface area contributed by atoms with Gasteiger partial charge in [-0.15, -0.1) is 0 Å². The Hall–Kier alpha value is -1.40. The van der Waals surface area contributed by atoms with Crippen LogP contribution in [0.5, 0.6) is 0 Å². The predicted molar refractivity (Wildman–Crippen MR) is 81.8 cm³/mol. The lowest BCUT2D eigenvalue weighted by molar-refractivity contribution is -0.121. The zero-order valence-corrected chi connectivity index (χ0v) is 13.1. The molecule has 116 valence electrons. The molecular formula is C15H22N2O3S. The average Bonchev–Trinajstić information content (AvgIpc) is 2.49. The van der Waals surface area contributed by atoms with E-state index >= 15 is 0 Å². The van der Waals surface area contributed by atoms with E-state index in [2.05, 4.69) is 17.3 Å². The van der Waals surface area contributed by atoms with Crippen LogP contribution >= 0.6 is 0 Å². The maximum Gasteiger partial charge on any atom is 0.221 e. The van der Waals surface area contributed by atoms with E-state index in [4.69, 9.17) is 0 Å². The summed E-state index contributed by atoms with van der Waals surface area (Å²) in [5, 5.41) is 2.93. The highest BCUT2D eigenvalue weighted by molar-refractivity contribution is 7.91. The third-order valence-electron chi connectivity index (χ3n) is 3.78. The smallest absolute Gasteiger partial charge is 0.221 e. The molecule has 5 nitrogen and oxygen atoms in total. The standard InChI is InChI=1S/C15H22N2O3S/c1-17-10-7-13(8-11-17)16-15(18)9-12-21(19,20)14-5-3-2-4-6-14/h2-6,13H,7-12H2,1H3,(H,16,18). The topological polar surface area (TPSA) is 66.5 Å². The number of hydrogen-bond donors (Lipinski definition) is 1. The van der Waals surface area contributed by atoms with Gasteiger partial charge in [0.1, 0.15) is 0 Å². The van der Waals surface area contributed by atoms with Gasteiger partial charge in [0, 0.05) is 12.5 Å². The van der Waals surface area contributed by atoms with Crippen molar-refractivity contribution in [2.45, 2.75) is 30.2 Å². The summed E-state index contributed by atoms with van der Waals surface area (Å²) in [6.07, 6.45) is 1.87. The molecule has 0 spiro atoms. The summed E-state index contributed by atoms with van der Waals surface area (Å²) in [4.78, 5) is 14.4. The summed E-state index contributed by atoms with van der Waals surface area (Å²) >= 11 is 0. The van der Waals surface area contributed by atoms with Crippen LogP contribution in [0.15, 0.2) is 35.2 Å². The summed E-state index contributed by atoms with van der Waals surface area (Å²) in [7, 11) is -1.31. The maximum absolute atomic E-state index is 12.1. The van der Waals surface area contributed by atoms with E-state index in [0.717, 1.165) is 25.9 Å². The molecule has 0 unspecified atom stereocenters. The molecule has 1 aliphatic heterocycles. The molecule has 1 amide bonds. The van der Waals surface area contributed by atoms with Gasteiger partial charge >= 0.3 is 0 Å². The van der Waals surface area contributed by atoms with Crippen LogP contribution in [0.4, 0.5) is 0 Å². The van der Waals surface area contributed by atoms with Crippen LogP contribution in [0.25, 0.3) is 0 Å². The summed E-state index contributed by atoms with van der Waals surface area (Å²) in [5.74, 6) is -0.320. The largest absolute Gasteiger partial charge is 0.353 e. The van der Waals surface area contributed by atoms with E-state index in [0.29, 0.717) is 0 Å². The van der Waals surface area contributed by atoms with Crippen LogP contribution < -0.4 is 5.32 Å². The van der Waals surface area contributed by atoms with Crippen LogP contribution in [0.1, 0.15) is 19.3 Å². The third-order valence-corrected chi connectivity index (χ3v) is 5.52. The van der Waals surface area contributed by atoms with Crippen molar-refractivity contribution in [2.24, 2.45) is 0 Å². The molecule has 0 bridgehead atoms. The van der Waals surface area contributed by atoms with E-state index in [1.54, 1.807) is 30.3 Å². The number of rotatable bonds is 5. The van der Waals surface area contributed by atoms with Crippen LogP contribution in [-0.4, -0.2) is 51.2 Å². The minimum absolute atomic E-state index is 0.0174. The number of hydrogen-bond acceptors (Lipinski definition) is 4. The molecule has 1 heterocycles. The number of piperidine rings is 1. The molecule has 1 aliphatic rings. The summed E-state index contributed by atoms with van der Waals surface area (Å²) in [6.45, 7) is 1.93. The number of sulfone groups is 1. The fraction of sp³-hybridized carbons (Fsp3) is 0.533. The van der Waals surface area contributed by atoms with Crippen LogP contribution in [0, 0.1) is 0 Å². The Morgan fingerprint density at radius 3 is 2.48 bits per heavy atom. The normalized spacial score (nSPS) is 17.6. The monoisotopic (exact) mass is 310 g/mol. The van der Waals surface area contributed by atoms with Crippen molar-refractivity contribution in [1.82, 2.24) is 10.2 Å². The van der Waals surface area contributed by atoms with Gasteiger partial charge in [-0.3, -0.25) is 4.79 Å². The van der Waals surface area contributed by atoms with Crippen molar-refractivity contribution in [1.29, 1.82) is 0 Å². The Balaban J connectivity index is 1.81. The molecular weight excluding hydrogens is 288 g/mol. The molecule has 1 fully saturated rings. The Kier molecular flexibility index (Phi) is 5.36. The second-order valence-corrected chi connectivity index (χ2v) is 7.64. The van der Waals surface area contributed by atoms with E-state index in [9.17, 15) is 13.2 Å². The first-order valence-corrected chi connectivity index (χ1v) is 8.88. The lowest BCUT2D eigenvalue weighted by Gasteiger charge is -2.29. The van der Waals surface area contributed by atoms with Gasteiger partial charge in [-0.2, -0.15) is 0 Å². The highest BCUT2D eigenvalue weighted by Gasteiger charge is 2.20. The molecule has 0 aromatic heterocycles. The minimum Gasteiger partial charge on any atom is -0.353 e. The molecule has 1 aromatic rings. The Morgan fingerprint density at radius 1 is 1.24 bits per heavy atom. The highest BCUT2D eigenvalue weighted by Crippen LogP contribution is 2.12. The number of amides is 1. The molecule has 0 aliphatic carbocycles. The van der Waals surface area contributed by atoms with Gasteiger partial charge in [0.25, 0.3) is 0 Å². The number of nitrogens with zero attached hydrogens (tertiary/aromatic N) is 1. The molecule has 0 atom stereocenters. The number of carbonyl (C=O) groups excluding carboxylic acids is 1. The van der Waals surface area contributed by atoms with Crippen LogP contribution in [0.2, 0.25) is 0 Å². The van der Waals surface area contributed by atoms with Gasteiger partial charge in [0.15, 0.2) is 9.84 Å². The first-order valence-electron chi connectivity index (χ1n) is 7.23. The van der Waals surface area contributed by atoms with Crippen molar-refractivity contribution in [2.75, 3.05) is 25.9 Å². The molecule has 21 heavy (non-hydrogen) atoms. The fourth-order valence-electron chi connectivity index (χ4n) is 2.43. The van der Waals surface area contributed by atoms with Crippen molar-refractivity contribution >= 4 is 15.7 Å². The van der Waals surface area contributed by atoms with E-state index < -0.39 is 9.84 Å². The molecule has 6 heteroatoms. The predicted octanol–water partition coefficient (Wildman–Crippen LogP) is 1.06. The Morgan fingerprint density at radius 2 is 1.86 bits per heavy atom. The van der Waals surface area contributed by atoms with E-state index in [1.165, 1.54) is 0 Å². The van der Waals surface area contributed by atoms with Crippen molar-refractivity contribution < 1.29 is 13.2 Å². The van der Waals surface area contributed by atoms with Gasteiger partial charge < -0.3 is 10.2 Å². The average molecular weight is 310 g/mol. The van der Waals surface area contributed by atoms with Gasteiger partial charge in [0.2, 0.25) is 5.91 Å². The number of likely N-dealkylation sites (tertiary alicyclic amines) is 1. The lowest BCUT2D eigenvalue weighted by Crippen LogP contribution is -2.43. The zero-order chi connectivity index (χ0) is 15.3. The van der Waals surface area contributed by atoms with Gasteiger partial charge in [-0.25, -0.2) is 8.42 Å². The molecule has 1 N–H and O–H groups in total. The van der Waals surface area contributed by atoms with Crippen molar-refractivity contribution in [3.8, 4) is 0 Å². The lowest BCUT2D eigenvalue weighted by atomic mass is 10.1. The molecule has 0 radical (unpaired) electrons. The Bertz CT molecular complexity index is 564. The second kappa shape index (κ2) is 7.04. The summed E-state index contributed by atoms with van der Waals surface area (Å²) in [6, 6.07) is 8.44. The third kappa shape index (κ3) is 4.82. The molecule has 1 saturated heterocycles. The minimum atomic E-state index is -3.37. The van der Waals surface area contributed by atoms with Crippen LogP contribution in [-0.2, 0) is 14.6 Å². The Labute approximate surface area is 126 Å². The highest BCUT2D eigenvalue weighted by atomic mass is 32.2. The number of nitrogens with one attached hydrogen (secondary N) is 1. The fourth-order valence-corrected chi connectivity index (χ4v) is 3.69. The molecule has 2 rings (SSSR count). The quantitative estimate of drug-likeness (QED) is 0.883. The first kappa shape index (κ1) is 16.0. The van der Waals surface area contributed by atoms with Gasteiger partial charge in [-0.05, 0) is 45.1 Å². The van der Waals surface area contributed by atoms with E-state index in [1.807, 2.05) is 0 Å². The number of benzene rings is 1. The summed E-state index contributed by atoms with van der Waals surface area (Å²) < 4.78 is 24.2. The van der Waals surface area contributed by atoms with Crippen LogP contribution in [0.3, 0.4) is 0 Å². The first-order chi connectivity index (χ1) is 9.97. The zero-order valence-electron chi connectivity index (χ0n) is 12.3. The number of carbonyl (C=O) groups is 1. The second-order valence-electron chi connectivity index (χ2n) is 5.53. The van der Waals surface area contributed by atoms with Crippen molar-refractivity contribution in [3.05, 3.63) is 30.3 Å². The van der Waals surface area contributed by atoms with Crippen molar-refractivity contribution in [3.63, 3.8) is 0 Å². The van der Waals surface area contributed by atoms with E-state index in [-0.39, 0.29) is 29.0 Å². The van der Waals surface area contributed by atoms with Gasteiger partial charge in [0.05, 0.1) is 10.6 Å². The molecule has 1 aromatic carbocycles. The molecule has 0 saturated carbocycles. The SMILES string of the molecule is CN1CCC(NC(=O)CCS(=O)(=O)c2ccccc2)CC1. The summed E-state index contributed by atoms with van der Waals surface area (Å²) in [5.41, 5.74) is 0. The van der Waals surface area contributed by atoms with Gasteiger partial charge in [-0.1, -0.05) is 18.2 Å². The maximum atomic E-state index is 12.1.